The van der Waals surface area contributed by atoms with E-state index < -0.39 is 5.66 Å². The van der Waals surface area contributed by atoms with E-state index >= 15 is 0 Å². The summed E-state index contributed by atoms with van der Waals surface area (Å²) in [6.07, 6.45) is 6.91. The second kappa shape index (κ2) is 7.83. The van der Waals surface area contributed by atoms with Crippen molar-refractivity contribution in [2.45, 2.75) is 5.66 Å². The second-order valence-corrected chi connectivity index (χ2v) is 14.9. The molecule has 8 aromatic carbocycles. The molecule has 1 spiro atoms. The Morgan fingerprint density at radius 3 is 2.12 bits per heavy atom. The third-order valence-electron chi connectivity index (χ3n) is 12.8. The largest absolute Gasteiger partial charge is 0.456 e. The number of hydrogen-bond acceptors (Lipinski definition) is 1. The summed E-state index contributed by atoms with van der Waals surface area (Å²) in [5.74, 6) is 2.96. The van der Waals surface area contributed by atoms with E-state index in [-0.39, 0.29) is 0 Å². The molecule has 0 saturated carbocycles. The van der Waals surface area contributed by atoms with Crippen LogP contribution in [-0.4, -0.2) is 8.97 Å². The fourth-order valence-corrected chi connectivity index (χ4v) is 11.1. The van der Waals surface area contributed by atoms with Gasteiger partial charge in [0.25, 0.3) is 11.5 Å². The minimum atomic E-state index is -0.689. The molecule has 0 amide bonds. The number of rotatable bonds is 0. The van der Waals surface area contributed by atoms with Crippen LogP contribution in [0.3, 0.4) is 0 Å². The van der Waals surface area contributed by atoms with Gasteiger partial charge >= 0.3 is 5.66 Å². The number of hydrogen-bond donors (Lipinski definition) is 0. The Balaban J connectivity index is 1.24. The Labute approximate surface area is 294 Å². The van der Waals surface area contributed by atoms with E-state index in [1.54, 1.807) is 0 Å². The van der Waals surface area contributed by atoms with Gasteiger partial charge < -0.3 is 4.74 Å². The van der Waals surface area contributed by atoms with Crippen molar-refractivity contribution in [2.75, 3.05) is 0 Å². The number of para-hydroxylation sites is 1. The third-order valence-corrected chi connectivity index (χ3v) is 12.8. The van der Waals surface area contributed by atoms with E-state index in [1.165, 1.54) is 103 Å². The van der Waals surface area contributed by atoms with Crippen LogP contribution in [0.5, 0.6) is 11.5 Å². The topological polar surface area (TPSA) is 26.3 Å². The zero-order chi connectivity index (χ0) is 33.2. The van der Waals surface area contributed by atoms with Gasteiger partial charge in [0.05, 0.1) is 11.6 Å². The number of pyridine rings is 2. The van der Waals surface area contributed by atoms with Gasteiger partial charge in [0, 0.05) is 38.4 Å². The van der Waals surface area contributed by atoms with Gasteiger partial charge in [-0.2, -0.15) is 18.1 Å². The predicted octanol–water partition coefficient (Wildman–Crippen LogP) is 10.00. The monoisotopic (exact) mass is 660 g/mol. The molecule has 236 valence electrons. The average Bonchev–Trinajstić information content (AvgIpc) is 3.87. The lowest BCUT2D eigenvalue weighted by atomic mass is 9.83. The zero-order valence-corrected chi connectivity index (χ0v) is 27.6. The number of aromatic nitrogens is 4. The first kappa shape index (κ1) is 25.0. The standard InChI is InChI=1S/C47H24N4O/c1-2-15-34-27(11-1)31-18-20-36-43-45(31)51(34)37-16-3-4-21-49(37)47(43)42-35(52-36)19-17-30-33-24-26-10-7-13-29-28-12-5-8-25-9-6-14-32(38(25)28)40(39(26)29)44(33)48-22-23-50(47)46(48)41(30)42/h1-24H/q+2. The van der Waals surface area contributed by atoms with E-state index in [2.05, 4.69) is 164 Å². The first-order valence-corrected chi connectivity index (χ1v) is 18.0. The van der Waals surface area contributed by atoms with Gasteiger partial charge in [-0.25, -0.2) is 0 Å². The second-order valence-electron chi connectivity index (χ2n) is 14.9. The van der Waals surface area contributed by atoms with Crippen LogP contribution in [0.25, 0.3) is 98.0 Å². The fourth-order valence-electron chi connectivity index (χ4n) is 11.1. The van der Waals surface area contributed by atoms with E-state index in [0.717, 1.165) is 17.3 Å². The van der Waals surface area contributed by atoms with Crippen molar-refractivity contribution in [3.8, 4) is 17.3 Å². The van der Waals surface area contributed by atoms with Crippen LogP contribution in [0, 0.1) is 0 Å². The lowest BCUT2D eigenvalue weighted by Gasteiger charge is -2.36. The molecule has 1 unspecified atom stereocenters. The molecule has 3 aliphatic rings. The summed E-state index contributed by atoms with van der Waals surface area (Å²) in [6.45, 7) is 0. The van der Waals surface area contributed by atoms with Crippen molar-refractivity contribution in [2.24, 2.45) is 0 Å². The molecule has 0 bridgehead atoms. The van der Waals surface area contributed by atoms with E-state index in [1.807, 2.05) is 0 Å². The summed E-state index contributed by atoms with van der Waals surface area (Å²) in [7, 11) is 0. The maximum atomic E-state index is 7.02. The maximum absolute atomic E-state index is 7.02. The van der Waals surface area contributed by atoms with Gasteiger partial charge in [-0.1, -0.05) is 72.8 Å². The lowest BCUT2D eigenvalue weighted by molar-refractivity contribution is -0.956. The highest BCUT2D eigenvalue weighted by atomic mass is 16.5. The van der Waals surface area contributed by atoms with Crippen LogP contribution < -0.4 is 13.9 Å². The highest BCUT2D eigenvalue weighted by molar-refractivity contribution is 6.39. The summed E-state index contributed by atoms with van der Waals surface area (Å²) in [4.78, 5) is 0. The number of benzene rings is 8. The normalized spacial score (nSPS) is 16.7. The summed E-state index contributed by atoms with van der Waals surface area (Å²) in [5.41, 5.74) is 6.57. The molecule has 0 fully saturated rings. The summed E-state index contributed by atoms with van der Waals surface area (Å²) in [5, 5.41) is 16.7. The molecule has 15 rings (SSSR count). The molecule has 0 aliphatic carbocycles. The minimum Gasteiger partial charge on any atom is -0.456 e. The van der Waals surface area contributed by atoms with Crippen molar-refractivity contribution in [1.29, 1.82) is 0 Å². The van der Waals surface area contributed by atoms with Crippen molar-refractivity contribution in [3.05, 3.63) is 157 Å². The van der Waals surface area contributed by atoms with E-state index in [0.29, 0.717) is 0 Å². The van der Waals surface area contributed by atoms with Crippen LogP contribution in [0.2, 0.25) is 0 Å². The molecule has 7 heterocycles. The first-order chi connectivity index (χ1) is 25.8. The SMILES string of the molecule is c1cc[n+]2c(c1)-n1c3ccccc3c3ccc4c(c31)C21c2c(ccc3c5cc6cccc7c8cccc9cccc(c98)c(c67)c5n5cc[n+]1c5c23)O4. The van der Waals surface area contributed by atoms with E-state index in [4.69, 9.17) is 4.74 Å². The molecule has 3 aliphatic heterocycles. The Kier molecular flexibility index (Phi) is 3.77. The number of imidazole rings is 1. The quantitative estimate of drug-likeness (QED) is 0.0904. The minimum absolute atomic E-state index is 0.689. The van der Waals surface area contributed by atoms with Gasteiger partial charge in [0.1, 0.15) is 46.1 Å². The first-order valence-electron chi connectivity index (χ1n) is 18.0. The van der Waals surface area contributed by atoms with Crippen LogP contribution >= 0.6 is 0 Å². The molecule has 0 N–H and O–H groups in total. The Hall–Kier alpha value is -6.98. The fraction of sp³-hybridized carbons (Fsp3) is 0.0213. The molecule has 0 radical (unpaired) electrons. The Bertz CT molecular complexity index is 3730. The van der Waals surface area contributed by atoms with Crippen molar-refractivity contribution >= 4 is 92.2 Å². The highest BCUT2D eigenvalue weighted by Gasteiger charge is 2.64. The van der Waals surface area contributed by atoms with Gasteiger partial charge in [0.2, 0.25) is 0 Å². The van der Waals surface area contributed by atoms with Crippen molar-refractivity contribution in [3.63, 3.8) is 0 Å². The highest BCUT2D eigenvalue weighted by Crippen LogP contribution is 2.57. The molecule has 0 saturated heterocycles. The molecule has 5 nitrogen and oxygen atoms in total. The van der Waals surface area contributed by atoms with Gasteiger partial charge in [0.15, 0.2) is 5.52 Å². The van der Waals surface area contributed by atoms with Gasteiger partial charge in [-0.05, 0) is 80.8 Å². The summed E-state index contributed by atoms with van der Waals surface area (Å²) in [6, 6.07) is 47.2. The Morgan fingerprint density at radius 1 is 0.481 bits per heavy atom. The number of nitrogens with zero attached hydrogens (tertiary/aromatic N) is 4. The number of fused-ring (bicyclic) bond motifs is 11. The van der Waals surface area contributed by atoms with Crippen LogP contribution in [0.15, 0.2) is 146 Å². The van der Waals surface area contributed by atoms with Gasteiger partial charge in [-0.15, -0.1) is 0 Å². The van der Waals surface area contributed by atoms with E-state index in [9.17, 15) is 0 Å². The molecular weight excluding hydrogens is 637 g/mol. The average molecular weight is 661 g/mol. The lowest BCUT2D eigenvalue weighted by Crippen LogP contribution is -2.75. The summed E-state index contributed by atoms with van der Waals surface area (Å²) < 4.78 is 17.0. The molecular formula is C47H24N4O+2. The summed E-state index contributed by atoms with van der Waals surface area (Å²) >= 11 is 0. The maximum Gasteiger partial charge on any atom is 0.318 e. The van der Waals surface area contributed by atoms with Crippen molar-refractivity contribution in [1.82, 2.24) is 8.97 Å². The molecule has 1 atom stereocenters. The smallest absolute Gasteiger partial charge is 0.318 e. The van der Waals surface area contributed by atoms with Crippen LogP contribution in [0.4, 0.5) is 0 Å². The molecule has 52 heavy (non-hydrogen) atoms. The predicted molar refractivity (Wildman–Crippen MR) is 206 cm³/mol. The van der Waals surface area contributed by atoms with Crippen LogP contribution in [-0.2, 0) is 5.66 Å². The van der Waals surface area contributed by atoms with Crippen molar-refractivity contribution < 1.29 is 13.9 Å². The number of ether oxygens (including phenoxy) is 1. The third kappa shape index (κ3) is 2.34. The molecule has 5 heteroatoms. The molecule has 4 aromatic heterocycles. The molecule has 12 aromatic rings. The zero-order valence-electron chi connectivity index (χ0n) is 27.6. The Morgan fingerprint density at radius 2 is 1.21 bits per heavy atom. The van der Waals surface area contributed by atoms with Crippen LogP contribution in [0.1, 0.15) is 11.1 Å². The van der Waals surface area contributed by atoms with Gasteiger partial charge in [-0.3, -0.25) is 0 Å².